The van der Waals surface area contributed by atoms with E-state index in [-0.39, 0.29) is 10.7 Å². The number of carboxylic acid groups (broad SMARTS) is 1. The van der Waals surface area contributed by atoms with Gasteiger partial charge in [0, 0.05) is 16.9 Å². The molecule has 0 radical (unpaired) electrons. The second kappa shape index (κ2) is 5.78. The summed E-state index contributed by atoms with van der Waals surface area (Å²) in [6.07, 6.45) is 2.38. The maximum atomic E-state index is 12.3. The number of aromatic carboxylic acids is 1. The van der Waals surface area contributed by atoms with E-state index in [2.05, 4.69) is 30.6 Å². The lowest BCUT2D eigenvalue weighted by molar-refractivity contribution is 0.0691. The van der Waals surface area contributed by atoms with E-state index in [4.69, 9.17) is 5.11 Å². The van der Waals surface area contributed by atoms with Crippen molar-refractivity contribution in [3.63, 3.8) is 0 Å². The fraction of sp³-hybridized carbons (Fsp3) is 0.0833. The van der Waals surface area contributed by atoms with Gasteiger partial charge >= 0.3 is 5.97 Å². The molecule has 0 fully saturated rings. The summed E-state index contributed by atoms with van der Waals surface area (Å²) in [5, 5.41) is 8.97. The molecule has 2 aromatic rings. The van der Waals surface area contributed by atoms with Gasteiger partial charge in [0.2, 0.25) is 0 Å². The van der Waals surface area contributed by atoms with Gasteiger partial charge in [-0.3, -0.25) is 4.72 Å². The van der Waals surface area contributed by atoms with Crippen molar-refractivity contribution in [1.82, 2.24) is 9.97 Å². The largest absolute Gasteiger partial charge is 0.476 e. The number of benzene rings is 1. The number of halogens is 1. The molecule has 1 aromatic carbocycles. The van der Waals surface area contributed by atoms with E-state index >= 15 is 0 Å². The zero-order valence-electron chi connectivity index (χ0n) is 10.7. The van der Waals surface area contributed by atoms with E-state index in [0.717, 1.165) is 10.0 Å². The van der Waals surface area contributed by atoms with Crippen LogP contribution in [0.1, 0.15) is 16.1 Å². The van der Waals surface area contributed by atoms with Crippen molar-refractivity contribution >= 4 is 37.7 Å². The second-order valence-corrected chi connectivity index (χ2v) is 6.61. The van der Waals surface area contributed by atoms with Gasteiger partial charge in [0.25, 0.3) is 10.0 Å². The smallest absolute Gasteiger partial charge is 0.358 e. The second-order valence-electron chi connectivity index (χ2n) is 4.08. The summed E-state index contributed by atoms with van der Waals surface area (Å²) in [5.74, 6) is -1.70. The Kier molecular flexibility index (Phi) is 4.24. The van der Waals surface area contributed by atoms with Crippen molar-refractivity contribution in [1.29, 1.82) is 0 Å². The topological polar surface area (TPSA) is 109 Å². The molecule has 0 aliphatic carbocycles. The molecule has 110 valence electrons. The predicted octanol–water partition coefficient (Wildman–Crippen LogP) is 2.05. The maximum absolute atomic E-state index is 12.3. The standard InChI is InChI=1S/C12H10BrN3O4S/c1-7-6-8(2-3-9(7)13)21(19,20)16-11-10(12(17)18)14-4-5-15-11/h2-6H,1H3,(H,15,16)(H,17,18). The van der Waals surface area contributed by atoms with Crippen LogP contribution in [-0.4, -0.2) is 29.5 Å². The molecule has 0 saturated heterocycles. The lowest BCUT2D eigenvalue weighted by Gasteiger charge is -2.09. The highest BCUT2D eigenvalue weighted by Crippen LogP contribution is 2.22. The number of aryl methyl sites for hydroxylation is 1. The first-order valence-corrected chi connectivity index (χ1v) is 7.92. The van der Waals surface area contributed by atoms with Crippen LogP contribution in [0.3, 0.4) is 0 Å². The summed E-state index contributed by atoms with van der Waals surface area (Å²) < 4.78 is 27.4. The number of sulfonamides is 1. The summed E-state index contributed by atoms with van der Waals surface area (Å²) in [6, 6.07) is 4.46. The number of rotatable bonds is 4. The Labute approximate surface area is 129 Å². The summed E-state index contributed by atoms with van der Waals surface area (Å²) in [5.41, 5.74) is 0.269. The molecule has 2 rings (SSSR count). The highest BCUT2D eigenvalue weighted by Gasteiger charge is 2.20. The summed E-state index contributed by atoms with van der Waals surface area (Å²) >= 11 is 3.28. The molecule has 0 unspecified atom stereocenters. The Bertz CT molecular complexity index is 808. The monoisotopic (exact) mass is 371 g/mol. The first-order chi connectivity index (χ1) is 9.81. The third-order valence-electron chi connectivity index (χ3n) is 2.57. The van der Waals surface area contributed by atoms with Gasteiger partial charge in [0.15, 0.2) is 11.5 Å². The molecule has 1 aromatic heterocycles. The van der Waals surface area contributed by atoms with Gasteiger partial charge in [-0.2, -0.15) is 0 Å². The molecule has 0 amide bonds. The molecule has 7 nitrogen and oxygen atoms in total. The molecule has 0 aliphatic heterocycles. The molecule has 9 heteroatoms. The van der Waals surface area contributed by atoms with E-state index in [1.165, 1.54) is 24.5 Å². The van der Waals surface area contributed by atoms with E-state index < -0.39 is 21.7 Å². The first kappa shape index (κ1) is 15.4. The van der Waals surface area contributed by atoms with Crippen molar-refractivity contribution in [2.45, 2.75) is 11.8 Å². The Morgan fingerprint density at radius 1 is 1.29 bits per heavy atom. The maximum Gasteiger partial charge on any atom is 0.358 e. The lowest BCUT2D eigenvalue weighted by Crippen LogP contribution is -2.17. The molecule has 2 N–H and O–H groups in total. The highest BCUT2D eigenvalue weighted by molar-refractivity contribution is 9.10. The molecule has 21 heavy (non-hydrogen) atoms. The highest BCUT2D eigenvalue weighted by atomic mass is 79.9. The normalized spacial score (nSPS) is 11.1. The Morgan fingerprint density at radius 2 is 1.95 bits per heavy atom. The van der Waals surface area contributed by atoms with Gasteiger partial charge in [0.1, 0.15) is 0 Å². The summed E-state index contributed by atoms with van der Waals surface area (Å²) in [4.78, 5) is 18.3. The molecular weight excluding hydrogens is 362 g/mol. The average molecular weight is 372 g/mol. The van der Waals surface area contributed by atoms with Crippen LogP contribution in [-0.2, 0) is 10.0 Å². The van der Waals surface area contributed by atoms with Crippen LogP contribution in [0.25, 0.3) is 0 Å². The minimum Gasteiger partial charge on any atom is -0.476 e. The lowest BCUT2D eigenvalue weighted by atomic mass is 10.2. The number of nitrogens with zero attached hydrogens (tertiary/aromatic N) is 2. The molecule has 0 aliphatic rings. The van der Waals surface area contributed by atoms with E-state index in [9.17, 15) is 13.2 Å². The zero-order valence-corrected chi connectivity index (χ0v) is 13.1. The van der Waals surface area contributed by atoms with E-state index in [1.54, 1.807) is 13.0 Å². The minimum atomic E-state index is -3.95. The molecule has 0 saturated carbocycles. The van der Waals surface area contributed by atoms with Crippen molar-refractivity contribution in [3.8, 4) is 0 Å². The number of nitrogens with one attached hydrogen (secondary N) is 1. The third-order valence-corrected chi connectivity index (χ3v) is 4.80. The first-order valence-electron chi connectivity index (χ1n) is 5.64. The van der Waals surface area contributed by atoms with Crippen LogP contribution < -0.4 is 4.72 Å². The Balaban J connectivity index is 2.42. The molecular formula is C12H10BrN3O4S. The average Bonchev–Trinajstić information content (AvgIpc) is 2.41. The number of anilines is 1. The fourth-order valence-electron chi connectivity index (χ4n) is 1.54. The number of carboxylic acids is 1. The van der Waals surface area contributed by atoms with Crippen molar-refractivity contribution in [2.24, 2.45) is 0 Å². The van der Waals surface area contributed by atoms with E-state index in [1.807, 2.05) is 0 Å². The number of hydrogen-bond acceptors (Lipinski definition) is 5. The van der Waals surface area contributed by atoms with Crippen LogP contribution >= 0.6 is 15.9 Å². The van der Waals surface area contributed by atoms with Crippen molar-refractivity contribution < 1.29 is 18.3 Å². The predicted molar refractivity (Wildman–Crippen MR) is 78.7 cm³/mol. The van der Waals surface area contributed by atoms with Gasteiger partial charge in [-0.15, -0.1) is 0 Å². The molecule has 0 spiro atoms. The van der Waals surface area contributed by atoms with Crippen LogP contribution in [0.4, 0.5) is 5.82 Å². The van der Waals surface area contributed by atoms with Crippen molar-refractivity contribution in [3.05, 3.63) is 46.3 Å². The van der Waals surface area contributed by atoms with Crippen molar-refractivity contribution in [2.75, 3.05) is 4.72 Å². The summed E-state index contributed by atoms with van der Waals surface area (Å²) in [7, 11) is -3.95. The van der Waals surface area contributed by atoms with Gasteiger partial charge in [-0.1, -0.05) is 15.9 Å². The van der Waals surface area contributed by atoms with Crippen LogP contribution in [0, 0.1) is 6.92 Å². The fourth-order valence-corrected chi connectivity index (χ4v) is 2.89. The van der Waals surface area contributed by atoms with Crippen LogP contribution in [0.5, 0.6) is 0 Å². The van der Waals surface area contributed by atoms with E-state index in [0.29, 0.717) is 0 Å². The molecule has 0 bridgehead atoms. The zero-order chi connectivity index (χ0) is 15.6. The van der Waals surface area contributed by atoms with Gasteiger partial charge in [0.05, 0.1) is 4.90 Å². The number of aromatic nitrogens is 2. The van der Waals surface area contributed by atoms with Gasteiger partial charge in [-0.25, -0.2) is 23.2 Å². The molecule has 1 heterocycles. The quantitative estimate of drug-likeness (QED) is 0.850. The van der Waals surface area contributed by atoms with Gasteiger partial charge < -0.3 is 5.11 Å². The van der Waals surface area contributed by atoms with Crippen LogP contribution in [0.15, 0.2) is 40.0 Å². The Morgan fingerprint density at radius 3 is 2.57 bits per heavy atom. The minimum absolute atomic E-state index is 0.00481. The Hall–Kier alpha value is -2.00. The number of carbonyl (C=O) groups is 1. The third kappa shape index (κ3) is 3.37. The summed E-state index contributed by atoms with van der Waals surface area (Å²) in [6.45, 7) is 1.74. The van der Waals surface area contributed by atoms with Gasteiger partial charge in [-0.05, 0) is 30.7 Å². The van der Waals surface area contributed by atoms with Crippen LogP contribution in [0.2, 0.25) is 0 Å². The SMILES string of the molecule is Cc1cc(S(=O)(=O)Nc2nccnc2C(=O)O)ccc1Br. The number of hydrogen-bond donors (Lipinski definition) is 2. The molecule has 0 atom stereocenters.